The van der Waals surface area contributed by atoms with E-state index >= 15 is 0 Å². The van der Waals surface area contributed by atoms with Gasteiger partial charge >= 0.3 is 0 Å². The number of nitrogens with one attached hydrogen (secondary N) is 1. The first-order valence-electron chi connectivity index (χ1n) is 9.13. The van der Waals surface area contributed by atoms with Crippen molar-refractivity contribution in [2.75, 3.05) is 11.9 Å². The number of ether oxygens (including phenoxy) is 1. The number of rotatable bonds is 8. The second-order valence-electron chi connectivity index (χ2n) is 6.85. The Bertz CT molecular complexity index is 948. The van der Waals surface area contributed by atoms with Crippen molar-refractivity contribution >= 4 is 17.2 Å². The predicted octanol–water partition coefficient (Wildman–Crippen LogP) is 3.60. The van der Waals surface area contributed by atoms with Crippen LogP contribution in [0.1, 0.15) is 39.4 Å². The molecule has 4 rings (SSSR count). The number of hydrogen-bond acceptors (Lipinski definition) is 8. The third kappa shape index (κ3) is 4.59. The molecule has 1 aliphatic rings. The van der Waals surface area contributed by atoms with Crippen molar-refractivity contribution in [3.05, 3.63) is 51.5 Å². The normalized spacial score (nSPS) is 18.1. The number of aryl methyl sites for hydroxylation is 2. The molecule has 0 spiro atoms. The largest absolute Gasteiger partial charge is 0.477 e. The zero-order valence-electron chi connectivity index (χ0n) is 15.7. The van der Waals surface area contributed by atoms with E-state index in [1.165, 1.54) is 0 Å². The molecule has 0 amide bonds. The van der Waals surface area contributed by atoms with Crippen LogP contribution in [0.15, 0.2) is 24.4 Å². The van der Waals surface area contributed by atoms with Crippen molar-refractivity contribution in [3.63, 3.8) is 0 Å². The standard InChI is InChI=1S/C19H21FN6OS/c1-11-23-17(22-9-19-26-25-12(2)28-19)6-18(24-11)27-10-14-5-15(14)16-4-3-13(7-20)8-21-16/h3-4,6,8,14-15H,5,7,9-10H2,1-2H3,(H,22,23,24)/t14-,15+/m1/s1. The lowest BCUT2D eigenvalue weighted by atomic mass is 10.2. The maximum atomic E-state index is 12.6. The average Bonchev–Trinajstić information content (AvgIpc) is 3.36. The molecule has 0 aromatic carbocycles. The van der Waals surface area contributed by atoms with E-state index in [9.17, 15) is 4.39 Å². The van der Waals surface area contributed by atoms with E-state index in [4.69, 9.17) is 4.74 Å². The molecular formula is C19H21FN6OS. The molecule has 1 saturated carbocycles. The number of alkyl halides is 1. The number of anilines is 1. The van der Waals surface area contributed by atoms with Gasteiger partial charge in [-0.1, -0.05) is 17.4 Å². The zero-order chi connectivity index (χ0) is 19.5. The summed E-state index contributed by atoms with van der Waals surface area (Å²) in [6.45, 7) is 4.42. The SMILES string of the molecule is Cc1nc(NCc2nnc(C)s2)cc(OC[C@H]2C[C@@H]2c2ccc(CF)cn2)n1. The van der Waals surface area contributed by atoms with Gasteiger partial charge in [0.25, 0.3) is 0 Å². The summed E-state index contributed by atoms with van der Waals surface area (Å²) in [5.41, 5.74) is 1.61. The molecule has 1 aliphatic carbocycles. The molecule has 1 N–H and O–H groups in total. The van der Waals surface area contributed by atoms with Crippen molar-refractivity contribution in [2.24, 2.45) is 5.92 Å². The molecule has 9 heteroatoms. The van der Waals surface area contributed by atoms with Crippen LogP contribution in [0.25, 0.3) is 0 Å². The first kappa shape index (κ1) is 18.7. The van der Waals surface area contributed by atoms with Gasteiger partial charge in [-0.05, 0) is 26.3 Å². The van der Waals surface area contributed by atoms with Gasteiger partial charge in [0.05, 0.1) is 13.2 Å². The van der Waals surface area contributed by atoms with Crippen molar-refractivity contribution < 1.29 is 9.13 Å². The molecule has 2 atom stereocenters. The van der Waals surface area contributed by atoms with E-state index in [1.54, 1.807) is 29.7 Å². The fraction of sp³-hybridized carbons (Fsp3) is 0.421. The Kier molecular flexibility index (Phi) is 5.43. The third-order valence-electron chi connectivity index (χ3n) is 4.55. The molecule has 3 aromatic heterocycles. The lowest BCUT2D eigenvalue weighted by Crippen LogP contribution is -2.07. The van der Waals surface area contributed by atoms with Gasteiger partial charge in [-0.2, -0.15) is 4.98 Å². The maximum Gasteiger partial charge on any atom is 0.218 e. The van der Waals surface area contributed by atoms with Crippen LogP contribution in [0.5, 0.6) is 5.88 Å². The summed E-state index contributed by atoms with van der Waals surface area (Å²) < 4.78 is 18.5. The topological polar surface area (TPSA) is 85.7 Å². The minimum Gasteiger partial charge on any atom is -0.477 e. The highest BCUT2D eigenvalue weighted by atomic mass is 32.1. The first-order chi connectivity index (χ1) is 13.6. The van der Waals surface area contributed by atoms with Gasteiger partial charge in [-0.25, -0.2) is 9.37 Å². The van der Waals surface area contributed by atoms with Crippen LogP contribution in [0.4, 0.5) is 10.2 Å². The molecule has 146 valence electrons. The van der Waals surface area contributed by atoms with Gasteiger partial charge in [0, 0.05) is 35.4 Å². The van der Waals surface area contributed by atoms with Crippen LogP contribution in [0.2, 0.25) is 0 Å². The highest BCUT2D eigenvalue weighted by molar-refractivity contribution is 7.11. The van der Waals surface area contributed by atoms with E-state index in [0.29, 0.717) is 48.1 Å². The number of hydrogen-bond donors (Lipinski definition) is 1. The predicted molar refractivity (Wildman–Crippen MR) is 104 cm³/mol. The minimum absolute atomic E-state index is 0.370. The smallest absolute Gasteiger partial charge is 0.218 e. The van der Waals surface area contributed by atoms with Crippen molar-refractivity contribution in [3.8, 4) is 5.88 Å². The summed E-state index contributed by atoms with van der Waals surface area (Å²) >= 11 is 1.55. The zero-order valence-corrected chi connectivity index (χ0v) is 16.5. The highest BCUT2D eigenvalue weighted by Crippen LogP contribution is 2.46. The highest BCUT2D eigenvalue weighted by Gasteiger charge is 2.40. The van der Waals surface area contributed by atoms with Gasteiger partial charge in [0.1, 0.15) is 28.3 Å². The molecule has 7 nitrogen and oxygen atoms in total. The lowest BCUT2D eigenvalue weighted by molar-refractivity contribution is 0.284. The molecule has 1 fully saturated rings. The van der Waals surface area contributed by atoms with Crippen LogP contribution in [-0.4, -0.2) is 31.8 Å². The Hall–Kier alpha value is -2.68. The summed E-state index contributed by atoms with van der Waals surface area (Å²) in [5.74, 6) is 2.67. The Morgan fingerprint density at radius 1 is 1.25 bits per heavy atom. The summed E-state index contributed by atoms with van der Waals surface area (Å²) in [4.78, 5) is 13.1. The number of aromatic nitrogens is 5. The van der Waals surface area contributed by atoms with Crippen LogP contribution in [0, 0.1) is 19.8 Å². The lowest BCUT2D eigenvalue weighted by Gasteiger charge is -2.09. The number of pyridine rings is 1. The molecule has 0 aliphatic heterocycles. The van der Waals surface area contributed by atoms with Crippen molar-refractivity contribution in [2.45, 2.75) is 39.4 Å². The summed E-state index contributed by atoms with van der Waals surface area (Å²) in [5, 5.41) is 13.2. The fourth-order valence-electron chi connectivity index (χ4n) is 3.00. The Morgan fingerprint density at radius 3 is 2.86 bits per heavy atom. The van der Waals surface area contributed by atoms with Crippen molar-refractivity contribution in [1.29, 1.82) is 0 Å². The Labute approximate surface area is 166 Å². The first-order valence-corrected chi connectivity index (χ1v) is 9.94. The number of halogens is 1. The van der Waals surface area contributed by atoms with Crippen LogP contribution in [-0.2, 0) is 13.2 Å². The second kappa shape index (κ2) is 8.14. The third-order valence-corrected chi connectivity index (χ3v) is 5.39. The van der Waals surface area contributed by atoms with Gasteiger partial charge in [-0.15, -0.1) is 10.2 Å². The Balaban J connectivity index is 1.31. The quantitative estimate of drug-likeness (QED) is 0.618. The molecule has 3 heterocycles. The van der Waals surface area contributed by atoms with Gasteiger partial charge < -0.3 is 10.1 Å². The molecule has 0 unspecified atom stereocenters. The van der Waals surface area contributed by atoms with E-state index in [1.807, 2.05) is 19.9 Å². The monoisotopic (exact) mass is 400 g/mol. The average molecular weight is 400 g/mol. The van der Waals surface area contributed by atoms with Crippen LogP contribution in [0.3, 0.4) is 0 Å². The Morgan fingerprint density at radius 2 is 2.14 bits per heavy atom. The van der Waals surface area contributed by atoms with E-state index in [2.05, 4.69) is 30.5 Å². The van der Waals surface area contributed by atoms with Gasteiger partial charge in [-0.3, -0.25) is 4.98 Å². The molecule has 0 bridgehead atoms. The molecule has 3 aromatic rings. The van der Waals surface area contributed by atoms with Crippen molar-refractivity contribution in [1.82, 2.24) is 25.1 Å². The molecule has 0 saturated heterocycles. The minimum atomic E-state index is -0.480. The summed E-state index contributed by atoms with van der Waals surface area (Å²) in [6, 6.07) is 5.50. The second-order valence-corrected chi connectivity index (χ2v) is 8.11. The maximum absolute atomic E-state index is 12.6. The molecule has 0 radical (unpaired) electrons. The van der Waals surface area contributed by atoms with E-state index in [0.717, 1.165) is 22.1 Å². The van der Waals surface area contributed by atoms with Gasteiger partial charge in [0.15, 0.2) is 0 Å². The fourth-order valence-corrected chi connectivity index (χ4v) is 3.65. The van der Waals surface area contributed by atoms with Crippen LogP contribution < -0.4 is 10.1 Å². The van der Waals surface area contributed by atoms with E-state index < -0.39 is 6.67 Å². The number of nitrogens with zero attached hydrogens (tertiary/aromatic N) is 5. The summed E-state index contributed by atoms with van der Waals surface area (Å²) in [6.07, 6.45) is 2.63. The summed E-state index contributed by atoms with van der Waals surface area (Å²) in [7, 11) is 0. The van der Waals surface area contributed by atoms with E-state index in [-0.39, 0.29) is 0 Å². The molecular weight excluding hydrogens is 379 g/mol. The molecule has 28 heavy (non-hydrogen) atoms. The van der Waals surface area contributed by atoms with Gasteiger partial charge in [0.2, 0.25) is 5.88 Å². The van der Waals surface area contributed by atoms with Crippen LogP contribution >= 0.6 is 11.3 Å².